The van der Waals surface area contributed by atoms with E-state index >= 15 is 0 Å². The molecule has 0 aliphatic carbocycles. The van der Waals surface area contributed by atoms with Gasteiger partial charge in [0, 0.05) is 13.0 Å². The summed E-state index contributed by atoms with van der Waals surface area (Å²) in [6.45, 7) is 6.78. The Morgan fingerprint density at radius 3 is 2.38 bits per heavy atom. The number of carboxylic acid groups (broad SMARTS) is 1. The van der Waals surface area contributed by atoms with E-state index in [1.165, 1.54) is 0 Å². The van der Waals surface area contributed by atoms with Crippen LogP contribution >= 0.6 is 0 Å². The van der Waals surface area contributed by atoms with E-state index in [-0.39, 0.29) is 18.2 Å². The van der Waals surface area contributed by atoms with Crippen LogP contribution in [0, 0.1) is 5.92 Å². The highest BCUT2D eigenvalue weighted by Crippen LogP contribution is 2.12. The fraction of sp³-hybridized carbons (Fsp3) is 0.600. The Morgan fingerprint density at radius 1 is 1.19 bits per heavy atom. The molecule has 0 spiro atoms. The highest BCUT2D eigenvalue weighted by atomic mass is 16.4. The standard InChI is InChI=1S/C20H33N3O3/c1-4-5-9-12-23(21)18(13-15(2)3)19(24)22-17(20(25)26)14-16-10-7-6-8-11-16/h6-8,10-11,15,17-18H,4-5,9,12-14,21H2,1-3H3,(H,22,24)(H,25,26). The van der Waals surface area contributed by atoms with E-state index in [0.717, 1.165) is 24.8 Å². The van der Waals surface area contributed by atoms with Crippen LogP contribution in [0.25, 0.3) is 0 Å². The van der Waals surface area contributed by atoms with Crippen molar-refractivity contribution in [1.82, 2.24) is 10.3 Å². The maximum absolute atomic E-state index is 12.8. The molecule has 0 aliphatic rings. The number of amides is 1. The molecule has 2 unspecified atom stereocenters. The number of benzene rings is 1. The molecule has 26 heavy (non-hydrogen) atoms. The number of hydrazine groups is 1. The summed E-state index contributed by atoms with van der Waals surface area (Å²) in [6.07, 6.45) is 3.88. The minimum absolute atomic E-state index is 0.247. The van der Waals surface area contributed by atoms with Crippen LogP contribution in [0.3, 0.4) is 0 Å². The Kier molecular flexibility index (Phi) is 9.91. The van der Waals surface area contributed by atoms with Gasteiger partial charge in [-0.1, -0.05) is 63.9 Å². The summed E-state index contributed by atoms with van der Waals surface area (Å²) in [6, 6.07) is 7.80. The topological polar surface area (TPSA) is 95.7 Å². The van der Waals surface area contributed by atoms with E-state index < -0.39 is 18.1 Å². The Labute approximate surface area is 156 Å². The number of carbonyl (C=O) groups excluding carboxylic acids is 1. The summed E-state index contributed by atoms with van der Waals surface area (Å²) in [5, 5.41) is 13.7. The van der Waals surface area contributed by atoms with E-state index in [9.17, 15) is 14.7 Å². The van der Waals surface area contributed by atoms with Crippen molar-refractivity contribution in [1.29, 1.82) is 0 Å². The Balaban J connectivity index is 2.78. The van der Waals surface area contributed by atoms with Gasteiger partial charge in [0.15, 0.2) is 0 Å². The molecule has 0 bridgehead atoms. The first kappa shape index (κ1) is 22.1. The van der Waals surface area contributed by atoms with Crippen LogP contribution in [-0.2, 0) is 16.0 Å². The average molecular weight is 364 g/mol. The Bertz CT molecular complexity index is 548. The highest BCUT2D eigenvalue weighted by molar-refractivity contribution is 5.87. The van der Waals surface area contributed by atoms with Gasteiger partial charge in [-0.3, -0.25) is 10.6 Å². The number of nitrogens with two attached hydrogens (primary N) is 1. The van der Waals surface area contributed by atoms with Gasteiger partial charge >= 0.3 is 5.97 Å². The van der Waals surface area contributed by atoms with Gasteiger partial charge in [0.05, 0.1) is 0 Å². The summed E-state index contributed by atoms with van der Waals surface area (Å²) < 4.78 is 0. The first-order chi connectivity index (χ1) is 12.3. The second-order valence-electron chi connectivity index (χ2n) is 7.18. The van der Waals surface area contributed by atoms with Crippen molar-refractivity contribution in [3.63, 3.8) is 0 Å². The maximum atomic E-state index is 12.8. The first-order valence-electron chi connectivity index (χ1n) is 9.43. The fourth-order valence-corrected chi connectivity index (χ4v) is 2.86. The van der Waals surface area contributed by atoms with Gasteiger partial charge in [-0.25, -0.2) is 9.80 Å². The van der Waals surface area contributed by atoms with Gasteiger partial charge in [0.2, 0.25) is 5.91 Å². The normalized spacial score (nSPS) is 13.6. The van der Waals surface area contributed by atoms with E-state index in [1.54, 1.807) is 5.01 Å². The number of nitrogens with zero attached hydrogens (tertiary/aromatic N) is 1. The van der Waals surface area contributed by atoms with E-state index in [0.29, 0.717) is 13.0 Å². The minimum Gasteiger partial charge on any atom is -0.480 e. The second kappa shape index (κ2) is 11.6. The van der Waals surface area contributed by atoms with Gasteiger partial charge in [-0.2, -0.15) is 0 Å². The predicted molar refractivity (Wildman–Crippen MR) is 103 cm³/mol. The van der Waals surface area contributed by atoms with Crippen molar-refractivity contribution >= 4 is 11.9 Å². The zero-order valence-electron chi connectivity index (χ0n) is 16.1. The van der Waals surface area contributed by atoms with Crippen LogP contribution in [-0.4, -0.2) is 40.6 Å². The zero-order chi connectivity index (χ0) is 19.5. The van der Waals surface area contributed by atoms with Crippen molar-refractivity contribution < 1.29 is 14.7 Å². The van der Waals surface area contributed by atoms with Crippen molar-refractivity contribution in [3.8, 4) is 0 Å². The van der Waals surface area contributed by atoms with E-state index in [1.807, 2.05) is 44.2 Å². The lowest BCUT2D eigenvalue weighted by Crippen LogP contribution is -2.55. The smallest absolute Gasteiger partial charge is 0.326 e. The Hall–Kier alpha value is -1.92. The second-order valence-corrected chi connectivity index (χ2v) is 7.18. The predicted octanol–water partition coefficient (Wildman–Crippen LogP) is 2.58. The lowest BCUT2D eigenvalue weighted by Gasteiger charge is -2.29. The van der Waals surface area contributed by atoms with Crippen LogP contribution in [0.15, 0.2) is 30.3 Å². The summed E-state index contributed by atoms with van der Waals surface area (Å²) in [7, 11) is 0. The van der Waals surface area contributed by atoms with E-state index in [4.69, 9.17) is 5.84 Å². The molecule has 0 saturated heterocycles. The van der Waals surface area contributed by atoms with Crippen LogP contribution < -0.4 is 11.2 Å². The largest absolute Gasteiger partial charge is 0.480 e. The number of hydrogen-bond acceptors (Lipinski definition) is 4. The zero-order valence-corrected chi connectivity index (χ0v) is 16.1. The third kappa shape index (κ3) is 7.97. The fourth-order valence-electron chi connectivity index (χ4n) is 2.86. The van der Waals surface area contributed by atoms with Gasteiger partial charge in [0.1, 0.15) is 12.1 Å². The monoisotopic (exact) mass is 363 g/mol. The van der Waals surface area contributed by atoms with Crippen LogP contribution in [0.1, 0.15) is 52.0 Å². The molecule has 0 heterocycles. The van der Waals surface area contributed by atoms with Crippen LogP contribution in [0.4, 0.5) is 0 Å². The van der Waals surface area contributed by atoms with Crippen molar-refractivity contribution in [3.05, 3.63) is 35.9 Å². The van der Waals surface area contributed by atoms with Gasteiger partial charge in [0.25, 0.3) is 0 Å². The molecule has 6 heteroatoms. The van der Waals surface area contributed by atoms with Crippen LogP contribution in [0.2, 0.25) is 0 Å². The molecule has 1 aromatic carbocycles. The third-order valence-electron chi connectivity index (χ3n) is 4.31. The average Bonchev–Trinajstić information content (AvgIpc) is 2.59. The molecular weight excluding hydrogens is 330 g/mol. The first-order valence-corrected chi connectivity index (χ1v) is 9.43. The molecule has 1 aromatic rings. The number of rotatable bonds is 12. The lowest BCUT2D eigenvalue weighted by atomic mass is 10.0. The molecule has 6 nitrogen and oxygen atoms in total. The summed E-state index contributed by atoms with van der Waals surface area (Å²) in [5.74, 6) is 5.06. The van der Waals surface area contributed by atoms with Gasteiger partial charge < -0.3 is 10.4 Å². The number of unbranched alkanes of at least 4 members (excludes halogenated alkanes) is 2. The summed E-state index contributed by atoms with van der Waals surface area (Å²) in [4.78, 5) is 24.4. The molecular formula is C20H33N3O3. The molecule has 2 atom stereocenters. The molecule has 1 amide bonds. The van der Waals surface area contributed by atoms with Gasteiger partial charge in [-0.05, 0) is 24.3 Å². The molecule has 0 fully saturated rings. The molecule has 0 aliphatic heterocycles. The number of carbonyl (C=O) groups is 2. The molecule has 4 N–H and O–H groups in total. The molecule has 0 radical (unpaired) electrons. The SMILES string of the molecule is CCCCCN(N)C(CC(C)C)C(=O)NC(Cc1ccccc1)C(=O)O. The van der Waals surface area contributed by atoms with Crippen molar-refractivity contribution in [2.45, 2.75) is 65.0 Å². The summed E-state index contributed by atoms with van der Waals surface area (Å²) >= 11 is 0. The van der Waals surface area contributed by atoms with Crippen LogP contribution in [0.5, 0.6) is 0 Å². The molecule has 0 aromatic heterocycles. The Morgan fingerprint density at radius 2 is 1.85 bits per heavy atom. The number of nitrogens with one attached hydrogen (secondary N) is 1. The van der Waals surface area contributed by atoms with E-state index in [2.05, 4.69) is 12.2 Å². The number of hydrogen-bond donors (Lipinski definition) is 3. The minimum atomic E-state index is -1.04. The number of aliphatic carboxylic acids is 1. The quantitative estimate of drug-likeness (QED) is 0.301. The van der Waals surface area contributed by atoms with Crippen molar-refractivity contribution in [2.24, 2.45) is 11.8 Å². The van der Waals surface area contributed by atoms with Gasteiger partial charge in [-0.15, -0.1) is 0 Å². The number of carboxylic acids is 1. The molecule has 0 saturated carbocycles. The highest BCUT2D eigenvalue weighted by Gasteiger charge is 2.29. The lowest BCUT2D eigenvalue weighted by molar-refractivity contribution is -0.142. The summed E-state index contributed by atoms with van der Waals surface area (Å²) in [5.41, 5.74) is 0.869. The van der Waals surface area contributed by atoms with Crippen molar-refractivity contribution in [2.75, 3.05) is 6.54 Å². The molecule has 146 valence electrons. The third-order valence-corrected chi connectivity index (χ3v) is 4.31. The molecule has 1 rings (SSSR count). The maximum Gasteiger partial charge on any atom is 0.326 e.